The van der Waals surface area contributed by atoms with Crippen LogP contribution in [0.2, 0.25) is 17.3 Å². The summed E-state index contributed by atoms with van der Waals surface area (Å²) in [5.41, 5.74) is 7.09. The van der Waals surface area contributed by atoms with Gasteiger partial charge < -0.3 is 0 Å². The number of nitrogens with zero attached hydrogens (tertiary/aromatic N) is 1. The minimum atomic E-state index is -1.75. The van der Waals surface area contributed by atoms with Crippen LogP contribution in [0.1, 0.15) is 0 Å². The van der Waals surface area contributed by atoms with Crippen LogP contribution < -0.4 is 4.40 Å². The molecule has 0 bridgehead atoms. The molecule has 4 rings (SSSR count). The van der Waals surface area contributed by atoms with Crippen molar-refractivity contribution in [2.75, 3.05) is 0 Å². The molecule has 1 aromatic heterocycles. The first-order chi connectivity index (χ1) is 13.5. The van der Waals surface area contributed by atoms with Crippen molar-refractivity contribution in [3.05, 3.63) is 97.2 Å². The molecule has 0 atom stereocenters. The molecule has 0 fully saturated rings. The van der Waals surface area contributed by atoms with Crippen LogP contribution in [-0.4, -0.2) is 18.3 Å². The second kappa shape index (κ2) is 7.77. The average Bonchev–Trinajstić information content (AvgIpc) is 2.74. The molecule has 0 saturated heterocycles. The van der Waals surface area contributed by atoms with Crippen molar-refractivity contribution in [3.8, 4) is 33.5 Å². The fourth-order valence-electron chi connectivity index (χ4n) is 3.39. The topological polar surface area (TPSA) is 12.9 Å². The number of benzene rings is 3. The van der Waals surface area contributed by atoms with Gasteiger partial charge in [-0.15, -0.1) is 0 Å². The van der Waals surface area contributed by atoms with E-state index in [4.69, 9.17) is 0 Å². The summed E-state index contributed by atoms with van der Waals surface area (Å²) in [6, 6.07) is 32.6. The van der Waals surface area contributed by atoms with Crippen molar-refractivity contribution in [2.24, 2.45) is 0 Å². The van der Waals surface area contributed by atoms with Crippen molar-refractivity contribution >= 4 is 17.7 Å². The van der Waals surface area contributed by atoms with E-state index < -0.39 is 13.3 Å². The molecule has 0 aliphatic carbocycles. The summed E-state index contributed by atoms with van der Waals surface area (Å²) in [6.07, 6.45) is 1.89. The molecule has 1 heterocycles. The second-order valence-corrected chi connectivity index (χ2v) is 18.9. The maximum atomic E-state index is 4.53. The fourth-order valence-corrected chi connectivity index (χ4v) is 5.84. The van der Waals surface area contributed by atoms with Crippen molar-refractivity contribution in [3.63, 3.8) is 0 Å². The molecule has 0 saturated carbocycles. The summed E-state index contributed by atoms with van der Waals surface area (Å²) in [7, 11) is 0. The van der Waals surface area contributed by atoms with Gasteiger partial charge in [-0.1, -0.05) is 30.3 Å². The summed E-state index contributed by atoms with van der Waals surface area (Å²) in [4.78, 5) is 4.53. The van der Waals surface area contributed by atoms with Crippen molar-refractivity contribution in [2.45, 2.75) is 17.3 Å². The Labute approximate surface area is 170 Å². The molecule has 0 aliphatic heterocycles. The van der Waals surface area contributed by atoms with Gasteiger partial charge in [0.15, 0.2) is 0 Å². The van der Waals surface area contributed by atoms with Gasteiger partial charge in [0.2, 0.25) is 0 Å². The van der Waals surface area contributed by atoms with Gasteiger partial charge in [0, 0.05) is 0 Å². The molecule has 0 unspecified atom stereocenters. The number of hydrogen-bond acceptors (Lipinski definition) is 1. The van der Waals surface area contributed by atoms with Crippen LogP contribution in [0.25, 0.3) is 33.5 Å². The molecule has 1 nitrogen and oxygen atoms in total. The maximum absolute atomic E-state index is 4.53. The zero-order valence-electron chi connectivity index (χ0n) is 16.7. The van der Waals surface area contributed by atoms with Gasteiger partial charge in [-0.05, 0) is 0 Å². The summed E-state index contributed by atoms with van der Waals surface area (Å²) in [6.45, 7) is 0. The van der Waals surface area contributed by atoms with E-state index in [2.05, 4.69) is 95.0 Å². The second-order valence-electron chi connectivity index (χ2n) is 8.20. The zero-order chi connectivity index (χ0) is 19.6. The Kier molecular flexibility index (Phi) is 5.19. The fraction of sp³-hybridized carbons (Fsp3) is 0.115. The monoisotopic (exact) mass is 425 g/mol. The molecule has 0 amide bonds. The van der Waals surface area contributed by atoms with E-state index in [0.29, 0.717) is 0 Å². The van der Waals surface area contributed by atoms with E-state index in [0.717, 1.165) is 11.3 Å². The van der Waals surface area contributed by atoms with Crippen LogP contribution >= 0.6 is 0 Å². The third-order valence-corrected chi connectivity index (χ3v) is 9.47. The van der Waals surface area contributed by atoms with E-state index in [-0.39, 0.29) is 0 Å². The summed E-state index contributed by atoms with van der Waals surface area (Å²) < 4.78 is 1.55. The van der Waals surface area contributed by atoms with Gasteiger partial charge in [-0.2, -0.15) is 0 Å². The molecule has 2 heteroatoms. The molecule has 138 valence electrons. The first-order valence-electron chi connectivity index (χ1n) is 9.73. The van der Waals surface area contributed by atoms with Gasteiger partial charge in [0.25, 0.3) is 0 Å². The Morgan fingerprint density at radius 2 is 1.07 bits per heavy atom. The van der Waals surface area contributed by atoms with Gasteiger partial charge in [-0.25, -0.2) is 0 Å². The number of pyridine rings is 1. The molecule has 0 N–H and O–H groups in total. The van der Waals surface area contributed by atoms with Crippen LogP contribution in [0.15, 0.2) is 97.2 Å². The Morgan fingerprint density at radius 3 is 1.64 bits per heavy atom. The van der Waals surface area contributed by atoms with E-state index in [1.165, 1.54) is 22.3 Å². The predicted octanol–water partition coefficient (Wildman–Crippen LogP) is 6.63. The van der Waals surface area contributed by atoms with Gasteiger partial charge >= 0.3 is 140 Å². The van der Waals surface area contributed by atoms with Crippen LogP contribution in [0, 0.1) is 0 Å². The van der Waals surface area contributed by atoms with Gasteiger partial charge in [-0.3, -0.25) is 0 Å². The quantitative estimate of drug-likeness (QED) is 0.336. The van der Waals surface area contributed by atoms with Crippen LogP contribution in [0.5, 0.6) is 0 Å². The Balaban J connectivity index is 1.60. The van der Waals surface area contributed by atoms with Crippen LogP contribution in [0.4, 0.5) is 0 Å². The summed E-state index contributed by atoms with van der Waals surface area (Å²) >= 11 is -1.75. The SMILES string of the molecule is [CH3][Ge]([CH3])([CH3])[c]1ccc(-c2ccc(-c3ccnc(-c4ccccc4)c3)cc2)cc1. The Morgan fingerprint density at radius 1 is 0.536 bits per heavy atom. The third-order valence-electron chi connectivity index (χ3n) is 5.13. The van der Waals surface area contributed by atoms with E-state index in [1.807, 2.05) is 24.4 Å². The zero-order valence-corrected chi connectivity index (χ0v) is 18.8. The molecule has 0 spiro atoms. The molecule has 0 aliphatic rings. The minimum absolute atomic E-state index is 1.01. The van der Waals surface area contributed by atoms with E-state index in [9.17, 15) is 0 Å². The number of aromatic nitrogens is 1. The normalized spacial score (nSPS) is 11.4. The molecule has 3 aromatic carbocycles. The van der Waals surface area contributed by atoms with E-state index in [1.54, 1.807) is 4.40 Å². The predicted molar refractivity (Wildman–Crippen MR) is 124 cm³/mol. The first-order valence-corrected chi connectivity index (χ1v) is 17.1. The summed E-state index contributed by atoms with van der Waals surface area (Å²) in [5.74, 6) is 7.30. The Bertz CT molecular complexity index is 1060. The number of hydrogen-bond donors (Lipinski definition) is 0. The molecular formula is C26H25GeN. The molecule has 28 heavy (non-hydrogen) atoms. The van der Waals surface area contributed by atoms with E-state index >= 15 is 0 Å². The molecular weight excluding hydrogens is 399 g/mol. The molecule has 0 radical (unpaired) electrons. The average molecular weight is 424 g/mol. The molecule has 4 aromatic rings. The van der Waals surface area contributed by atoms with Gasteiger partial charge in [0.1, 0.15) is 0 Å². The third kappa shape index (κ3) is 4.10. The van der Waals surface area contributed by atoms with Crippen molar-refractivity contribution < 1.29 is 0 Å². The standard InChI is InChI=1S/C26H25GeN/c1-27(2,3)25-15-13-21(14-16-25)20-9-11-22(12-10-20)24-17-18-28-26(19-24)23-7-5-4-6-8-23/h4-19H,1-3H3. The summed E-state index contributed by atoms with van der Waals surface area (Å²) in [5, 5.41) is 0. The first kappa shape index (κ1) is 18.7. The number of rotatable bonds is 4. The van der Waals surface area contributed by atoms with Crippen molar-refractivity contribution in [1.29, 1.82) is 0 Å². The van der Waals surface area contributed by atoms with Crippen molar-refractivity contribution in [1.82, 2.24) is 4.98 Å². The van der Waals surface area contributed by atoms with Crippen LogP contribution in [0.3, 0.4) is 0 Å². The Hall–Kier alpha value is -2.65. The van der Waals surface area contributed by atoms with Crippen LogP contribution in [-0.2, 0) is 0 Å². The van der Waals surface area contributed by atoms with Gasteiger partial charge in [0.05, 0.1) is 0 Å².